The van der Waals surface area contributed by atoms with E-state index in [-0.39, 0.29) is 5.92 Å². The maximum atomic E-state index is 10.1. The van der Waals surface area contributed by atoms with Crippen LogP contribution in [0.4, 0.5) is 0 Å². The lowest BCUT2D eigenvalue weighted by Gasteiger charge is -2.25. The zero-order valence-electron chi connectivity index (χ0n) is 11.1. The van der Waals surface area contributed by atoms with Crippen LogP contribution in [0.25, 0.3) is 0 Å². The van der Waals surface area contributed by atoms with Crippen molar-refractivity contribution in [3.8, 4) is 0 Å². The van der Waals surface area contributed by atoms with E-state index in [1.54, 1.807) is 0 Å². The molecule has 96 valence electrons. The molecule has 0 radical (unpaired) electrons. The van der Waals surface area contributed by atoms with Gasteiger partial charge in [-0.05, 0) is 18.4 Å². The molecule has 2 nitrogen and oxygen atoms in total. The van der Waals surface area contributed by atoms with Gasteiger partial charge in [0.05, 0.1) is 12.2 Å². The fraction of sp³-hybridized carbons (Fsp3) is 0.600. The molecule has 0 amide bonds. The van der Waals surface area contributed by atoms with E-state index in [1.165, 1.54) is 5.56 Å². The molecule has 1 aromatic rings. The van der Waals surface area contributed by atoms with E-state index in [0.717, 1.165) is 18.4 Å². The van der Waals surface area contributed by atoms with Gasteiger partial charge in [0.25, 0.3) is 0 Å². The van der Waals surface area contributed by atoms with Crippen molar-refractivity contribution in [2.24, 2.45) is 5.92 Å². The highest BCUT2D eigenvalue weighted by molar-refractivity contribution is 5.22. The predicted molar refractivity (Wildman–Crippen MR) is 71.0 cm³/mol. The van der Waals surface area contributed by atoms with Crippen molar-refractivity contribution < 1.29 is 10.2 Å². The van der Waals surface area contributed by atoms with Gasteiger partial charge in [-0.15, -0.1) is 0 Å². The van der Waals surface area contributed by atoms with E-state index in [2.05, 4.69) is 19.9 Å². The van der Waals surface area contributed by atoms with Crippen LogP contribution >= 0.6 is 0 Å². The quantitative estimate of drug-likeness (QED) is 0.797. The van der Waals surface area contributed by atoms with Gasteiger partial charge < -0.3 is 10.2 Å². The molecule has 2 heteroatoms. The Hall–Kier alpha value is -0.860. The van der Waals surface area contributed by atoms with Crippen molar-refractivity contribution in [2.75, 3.05) is 0 Å². The first-order valence-electron chi connectivity index (χ1n) is 6.50. The summed E-state index contributed by atoms with van der Waals surface area (Å²) in [5, 5.41) is 20.1. The Morgan fingerprint density at radius 1 is 1.12 bits per heavy atom. The van der Waals surface area contributed by atoms with Crippen molar-refractivity contribution in [2.45, 2.75) is 52.2 Å². The highest BCUT2D eigenvalue weighted by atomic mass is 16.3. The van der Waals surface area contributed by atoms with Crippen LogP contribution < -0.4 is 0 Å². The third-order valence-electron chi connectivity index (χ3n) is 3.45. The molecule has 0 saturated heterocycles. The van der Waals surface area contributed by atoms with Crippen molar-refractivity contribution in [3.05, 3.63) is 35.4 Å². The van der Waals surface area contributed by atoms with E-state index in [0.29, 0.717) is 6.42 Å². The summed E-state index contributed by atoms with van der Waals surface area (Å²) in [5.74, 6) is 0.190. The molecule has 2 N–H and O–H groups in total. The van der Waals surface area contributed by atoms with Gasteiger partial charge in [0.2, 0.25) is 0 Å². The van der Waals surface area contributed by atoms with Gasteiger partial charge >= 0.3 is 0 Å². The van der Waals surface area contributed by atoms with Crippen molar-refractivity contribution >= 4 is 0 Å². The van der Waals surface area contributed by atoms with Crippen LogP contribution in [0.2, 0.25) is 0 Å². The normalized spacial score (nSPS) is 14.9. The molecule has 0 fully saturated rings. The Labute approximate surface area is 104 Å². The molecule has 1 rings (SSSR count). The van der Waals surface area contributed by atoms with Crippen LogP contribution in [-0.2, 0) is 6.42 Å². The summed E-state index contributed by atoms with van der Waals surface area (Å²) >= 11 is 0. The molecule has 0 heterocycles. The Morgan fingerprint density at radius 3 is 2.29 bits per heavy atom. The van der Waals surface area contributed by atoms with Crippen LogP contribution in [0.5, 0.6) is 0 Å². The molecule has 17 heavy (non-hydrogen) atoms. The monoisotopic (exact) mass is 236 g/mol. The van der Waals surface area contributed by atoms with Crippen molar-refractivity contribution in [3.63, 3.8) is 0 Å². The molecule has 0 aliphatic rings. The van der Waals surface area contributed by atoms with Crippen molar-refractivity contribution in [1.82, 2.24) is 0 Å². The first-order valence-corrected chi connectivity index (χ1v) is 6.50. The second-order valence-electron chi connectivity index (χ2n) is 4.83. The number of aryl methyl sites for hydroxylation is 1. The summed E-state index contributed by atoms with van der Waals surface area (Å²) in [5.41, 5.74) is 2.27. The number of hydrogen-bond donors (Lipinski definition) is 2. The molecule has 0 aliphatic heterocycles. The van der Waals surface area contributed by atoms with E-state index in [1.807, 2.05) is 25.1 Å². The Kier molecular flexibility index (Phi) is 5.66. The molecule has 2 atom stereocenters. The zero-order chi connectivity index (χ0) is 12.8. The number of rotatable bonds is 6. The number of aliphatic hydroxyl groups is 2. The maximum absolute atomic E-state index is 10.1. The van der Waals surface area contributed by atoms with E-state index >= 15 is 0 Å². The SMILES string of the molecule is CCC(CC)C(O)C(O)Cc1cccc(C)c1. The summed E-state index contributed by atoms with van der Waals surface area (Å²) < 4.78 is 0. The van der Waals surface area contributed by atoms with Gasteiger partial charge in [-0.1, -0.05) is 56.5 Å². The Morgan fingerprint density at radius 2 is 1.76 bits per heavy atom. The van der Waals surface area contributed by atoms with Gasteiger partial charge in [0.1, 0.15) is 0 Å². The maximum Gasteiger partial charge on any atom is 0.0842 e. The molecular weight excluding hydrogens is 212 g/mol. The van der Waals surface area contributed by atoms with Gasteiger partial charge in [-0.3, -0.25) is 0 Å². The van der Waals surface area contributed by atoms with Crippen LogP contribution in [0.1, 0.15) is 37.8 Å². The molecular formula is C15H24O2. The fourth-order valence-electron chi connectivity index (χ4n) is 2.29. The number of hydrogen-bond acceptors (Lipinski definition) is 2. The third-order valence-corrected chi connectivity index (χ3v) is 3.45. The minimum atomic E-state index is -0.665. The summed E-state index contributed by atoms with van der Waals surface area (Å²) in [6.07, 6.45) is 1.05. The van der Waals surface area contributed by atoms with E-state index in [4.69, 9.17) is 0 Å². The van der Waals surface area contributed by atoms with Crippen LogP contribution in [0, 0.1) is 12.8 Å². The topological polar surface area (TPSA) is 40.5 Å². The number of benzene rings is 1. The lowest BCUT2D eigenvalue weighted by Crippen LogP contribution is -2.34. The van der Waals surface area contributed by atoms with Crippen LogP contribution in [0.3, 0.4) is 0 Å². The Balaban J connectivity index is 2.62. The Bertz CT molecular complexity index is 331. The summed E-state index contributed by atoms with van der Waals surface area (Å²) in [4.78, 5) is 0. The van der Waals surface area contributed by atoms with Gasteiger partial charge in [-0.2, -0.15) is 0 Å². The second-order valence-corrected chi connectivity index (χ2v) is 4.83. The second kappa shape index (κ2) is 6.77. The lowest BCUT2D eigenvalue weighted by molar-refractivity contribution is -0.0187. The van der Waals surface area contributed by atoms with Gasteiger partial charge in [-0.25, -0.2) is 0 Å². The molecule has 0 aromatic heterocycles. The molecule has 0 spiro atoms. The molecule has 1 aromatic carbocycles. The van der Waals surface area contributed by atoms with Crippen LogP contribution in [-0.4, -0.2) is 22.4 Å². The summed E-state index contributed by atoms with van der Waals surface area (Å²) in [6, 6.07) is 8.08. The minimum absolute atomic E-state index is 0.190. The first kappa shape index (κ1) is 14.2. The minimum Gasteiger partial charge on any atom is -0.390 e. The smallest absolute Gasteiger partial charge is 0.0842 e. The number of aliphatic hydroxyl groups excluding tert-OH is 2. The van der Waals surface area contributed by atoms with E-state index in [9.17, 15) is 10.2 Å². The first-order chi connectivity index (χ1) is 8.08. The molecule has 0 aliphatic carbocycles. The zero-order valence-corrected chi connectivity index (χ0v) is 11.1. The average Bonchev–Trinajstić information content (AvgIpc) is 2.30. The van der Waals surface area contributed by atoms with E-state index < -0.39 is 12.2 Å². The molecule has 0 saturated carbocycles. The highest BCUT2D eigenvalue weighted by Crippen LogP contribution is 2.18. The predicted octanol–water partition coefficient (Wildman–Crippen LogP) is 2.70. The largest absolute Gasteiger partial charge is 0.390 e. The lowest BCUT2D eigenvalue weighted by atomic mass is 9.90. The van der Waals surface area contributed by atoms with Crippen molar-refractivity contribution in [1.29, 1.82) is 0 Å². The van der Waals surface area contributed by atoms with Gasteiger partial charge in [0, 0.05) is 6.42 Å². The average molecular weight is 236 g/mol. The third kappa shape index (κ3) is 4.14. The fourth-order valence-corrected chi connectivity index (χ4v) is 2.29. The molecule has 0 bridgehead atoms. The highest BCUT2D eigenvalue weighted by Gasteiger charge is 2.23. The summed E-state index contributed by atoms with van der Waals surface area (Å²) in [6.45, 7) is 6.14. The van der Waals surface area contributed by atoms with Crippen LogP contribution in [0.15, 0.2) is 24.3 Å². The van der Waals surface area contributed by atoms with Gasteiger partial charge in [0.15, 0.2) is 0 Å². The standard InChI is InChI=1S/C15H24O2/c1-4-13(5-2)15(17)14(16)10-12-8-6-7-11(3)9-12/h6-9,13-17H,4-5,10H2,1-3H3. The molecule has 2 unspecified atom stereocenters. The summed E-state index contributed by atoms with van der Waals surface area (Å²) in [7, 11) is 0.